The van der Waals surface area contributed by atoms with Gasteiger partial charge in [0.25, 0.3) is 0 Å². The van der Waals surface area contributed by atoms with E-state index in [1.54, 1.807) is 6.07 Å². The highest BCUT2D eigenvalue weighted by atomic mass is 19.2. The summed E-state index contributed by atoms with van der Waals surface area (Å²) >= 11 is 0. The molecule has 0 amide bonds. The van der Waals surface area contributed by atoms with Crippen LogP contribution in [0.15, 0.2) is 18.2 Å². The topological polar surface area (TPSA) is 21.3 Å². The zero-order valence-corrected chi connectivity index (χ0v) is 11.0. The first-order chi connectivity index (χ1) is 8.66. The summed E-state index contributed by atoms with van der Waals surface area (Å²) in [5.41, 5.74) is 0.351. The quantitative estimate of drug-likeness (QED) is 0.720. The van der Waals surface area contributed by atoms with Crippen molar-refractivity contribution in [3.8, 4) is 0 Å². The summed E-state index contributed by atoms with van der Waals surface area (Å²) in [6.45, 7) is 5.88. The average molecular weight is 257 g/mol. The van der Waals surface area contributed by atoms with Gasteiger partial charge in [-0.2, -0.15) is 0 Å². The Balaban J connectivity index is 2.32. The van der Waals surface area contributed by atoms with Crippen molar-refractivity contribution in [3.05, 3.63) is 35.4 Å². The van der Waals surface area contributed by atoms with Gasteiger partial charge in [-0.3, -0.25) is 0 Å². The molecule has 0 saturated heterocycles. The monoisotopic (exact) mass is 257 g/mol. The normalized spacial score (nSPS) is 12.7. The lowest BCUT2D eigenvalue weighted by Crippen LogP contribution is -2.24. The molecule has 2 nitrogen and oxygen atoms in total. The van der Waals surface area contributed by atoms with Crippen molar-refractivity contribution in [3.63, 3.8) is 0 Å². The maximum atomic E-state index is 13.5. The first kappa shape index (κ1) is 15.1. The van der Waals surface area contributed by atoms with Crippen molar-refractivity contribution in [2.24, 2.45) is 0 Å². The van der Waals surface area contributed by atoms with Crippen molar-refractivity contribution in [1.82, 2.24) is 5.32 Å². The highest BCUT2D eigenvalue weighted by molar-refractivity contribution is 5.21. The third-order valence-electron chi connectivity index (χ3n) is 2.79. The van der Waals surface area contributed by atoms with Crippen LogP contribution < -0.4 is 5.32 Å². The standard InChI is InChI=1S/C14H21F2NO/c1-3-4-9-18-10-8-17-11(2)12-6-5-7-13(15)14(12)16/h5-7,11,17H,3-4,8-10H2,1-2H3. The van der Waals surface area contributed by atoms with Crippen molar-refractivity contribution >= 4 is 0 Å². The fourth-order valence-electron chi connectivity index (χ4n) is 1.66. The van der Waals surface area contributed by atoms with Gasteiger partial charge in [0.1, 0.15) is 0 Å². The van der Waals surface area contributed by atoms with E-state index in [0.29, 0.717) is 18.7 Å². The van der Waals surface area contributed by atoms with Crippen LogP contribution in [0, 0.1) is 11.6 Å². The summed E-state index contributed by atoms with van der Waals surface area (Å²) in [7, 11) is 0. The van der Waals surface area contributed by atoms with Crippen LogP contribution in [0.5, 0.6) is 0 Å². The van der Waals surface area contributed by atoms with Gasteiger partial charge in [0.05, 0.1) is 6.61 Å². The van der Waals surface area contributed by atoms with E-state index in [0.717, 1.165) is 25.5 Å². The summed E-state index contributed by atoms with van der Waals surface area (Å²) < 4.78 is 31.9. The second-order valence-electron chi connectivity index (χ2n) is 4.28. The van der Waals surface area contributed by atoms with E-state index >= 15 is 0 Å². The molecule has 0 saturated carbocycles. The summed E-state index contributed by atoms with van der Waals surface area (Å²) in [6.07, 6.45) is 2.16. The molecule has 0 bridgehead atoms. The van der Waals surface area contributed by atoms with Crippen LogP contribution in [0.4, 0.5) is 8.78 Å². The lowest BCUT2D eigenvalue weighted by atomic mass is 10.1. The van der Waals surface area contributed by atoms with Crippen LogP contribution in [-0.4, -0.2) is 19.8 Å². The molecule has 18 heavy (non-hydrogen) atoms. The molecule has 1 aromatic carbocycles. The number of ether oxygens (including phenoxy) is 1. The van der Waals surface area contributed by atoms with Crippen molar-refractivity contribution < 1.29 is 13.5 Å². The van der Waals surface area contributed by atoms with Gasteiger partial charge in [0, 0.05) is 24.8 Å². The van der Waals surface area contributed by atoms with Gasteiger partial charge in [-0.15, -0.1) is 0 Å². The lowest BCUT2D eigenvalue weighted by molar-refractivity contribution is 0.131. The molecular formula is C14H21F2NO. The van der Waals surface area contributed by atoms with Crippen LogP contribution in [0.25, 0.3) is 0 Å². The van der Waals surface area contributed by atoms with Gasteiger partial charge in [-0.05, 0) is 19.4 Å². The van der Waals surface area contributed by atoms with Gasteiger partial charge in [0.2, 0.25) is 0 Å². The molecule has 0 aliphatic carbocycles. The lowest BCUT2D eigenvalue weighted by Gasteiger charge is -2.15. The van der Waals surface area contributed by atoms with Gasteiger partial charge in [0.15, 0.2) is 11.6 Å². The van der Waals surface area contributed by atoms with E-state index in [4.69, 9.17) is 4.74 Å². The van der Waals surface area contributed by atoms with Crippen molar-refractivity contribution in [1.29, 1.82) is 0 Å². The first-order valence-electron chi connectivity index (χ1n) is 6.41. The Bertz CT molecular complexity index is 358. The van der Waals surface area contributed by atoms with E-state index < -0.39 is 11.6 Å². The molecule has 1 rings (SSSR count). The minimum atomic E-state index is -0.805. The number of unbranched alkanes of at least 4 members (excludes halogenated alkanes) is 1. The van der Waals surface area contributed by atoms with Gasteiger partial charge in [-0.25, -0.2) is 8.78 Å². The fourth-order valence-corrected chi connectivity index (χ4v) is 1.66. The third-order valence-corrected chi connectivity index (χ3v) is 2.79. The molecular weight excluding hydrogens is 236 g/mol. The SMILES string of the molecule is CCCCOCCNC(C)c1cccc(F)c1F. The Labute approximate surface area is 107 Å². The Morgan fingerprint density at radius 2 is 2.06 bits per heavy atom. The summed E-state index contributed by atoms with van der Waals surface area (Å²) in [5, 5.41) is 3.11. The fraction of sp³-hybridized carbons (Fsp3) is 0.571. The molecule has 1 N–H and O–H groups in total. The summed E-state index contributed by atoms with van der Waals surface area (Å²) in [6, 6.07) is 4.01. The maximum Gasteiger partial charge on any atom is 0.163 e. The molecule has 4 heteroatoms. The third kappa shape index (κ3) is 4.70. The molecule has 1 aromatic rings. The molecule has 0 aromatic heterocycles. The molecule has 1 atom stereocenters. The van der Waals surface area contributed by atoms with Crippen LogP contribution in [-0.2, 0) is 4.74 Å². The summed E-state index contributed by atoms with van der Waals surface area (Å²) in [4.78, 5) is 0. The highest BCUT2D eigenvalue weighted by Gasteiger charge is 2.13. The van der Waals surface area contributed by atoms with Crippen molar-refractivity contribution in [2.45, 2.75) is 32.7 Å². The number of hydrogen-bond donors (Lipinski definition) is 1. The van der Waals surface area contributed by atoms with Crippen molar-refractivity contribution in [2.75, 3.05) is 19.8 Å². The number of nitrogens with one attached hydrogen (secondary N) is 1. The second kappa shape index (κ2) is 8.16. The zero-order chi connectivity index (χ0) is 13.4. The molecule has 0 aliphatic heterocycles. The molecule has 0 fully saturated rings. The summed E-state index contributed by atoms with van der Waals surface area (Å²) in [5.74, 6) is -1.58. The van der Waals surface area contributed by atoms with Crippen LogP contribution >= 0.6 is 0 Å². The second-order valence-corrected chi connectivity index (χ2v) is 4.28. The number of rotatable bonds is 8. The zero-order valence-electron chi connectivity index (χ0n) is 11.0. The predicted molar refractivity (Wildman–Crippen MR) is 68.5 cm³/mol. The molecule has 0 aliphatic rings. The Morgan fingerprint density at radius 1 is 1.28 bits per heavy atom. The minimum Gasteiger partial charge on any atom is -0.380 e. The number of benzene rings is 1. The Morgan fingerprint density at radius 3 is 2.78 bits per heavy atom. The Kier molecular flexibility index (Phi) is 6.83. The van der Waals surface area contributed by atoms with Crippen LogP contribution in [0.2, 0.25) is 0 Å². The first-order valence-corrected chi connectivity index (χ1v) is 6.41. The van der Waals surface area contributed by atoms with Crippen LogP contribution in [0.3, 0.4) is 0 Å². The average Bonchev–Trinajstić information content (AvgIpc) is 2.36. The van der Waals surface area contributed by atoms with E-state index in [1.165, 1.54) is 6.07 Å². The molecule has 102 valence electrons. The smallest absolute Gasteiger partial charge is 0.163 e. The van der Waals surface area contributed by atoms with Gasteiger partial charge >= 0.3 is 0 Å². The predicted octanol–water partition coefficient (Wildman–Crippen LogP) is 3.43. The Hall–Kier alpha value is -1.00. The molecule has 0 heterocycles. The molecule has 0 spiro atoms. The van der Waals surface area contributed by atoms with Gasteiger partial charge < -0.3 is 10.1 Å². The largest absolute Gasteiger partial charge is 0.380 e. The van der Waals surface area contributed by atoms with E-state index in [1.807, 2.05) is 6.92 Å². The molecule has 0 radical (unpaired) electrons. The van der Waals surface area contributed by atoms with E-state index in [-0.39, 0.29) is 6.04 Å². The highest BCUT2D eigenvalue weighted by Crippen LogP contribution is 2.18. The number of hydrogen-bond acceptors (Lipinski definition) is 2. The van der Waals surface area contributed by atoms with E-state index in [9.17, 15) is 8.78 Å². The van der Waals surface area contributed by atoms with E-state index in [2.05, 4.69) is 12.2 Å². The number of halogens is 2. The van der Waals surface area contributed by atoms with Crippen LogP contribution in [0.1, 0.15) is 38.3 Å². The molecule has 1 unspecified atom stereocenters. The van der Waals surface area contributed by atoms with Gasteiger partial charge in [-0.1, -0.05) is 25.5 Å². The maximum absolute atomic E-state index is 13.5. The minimum absolute atomic E-state index is 0.226.